The van der Waals surface area contributed by atoms with Crippen LogP contribution >= 0.6 is 0 Å². The Bertz CT molecular complexity index is 1290. The molecule has 1 aliphatic carbocycles. The lowest BCUT2D eigenvalue weighted by Gasteiger charge is -2.39. The van der Waals surface area contributed by atoms with E-state index in [4.69, 9.17) is 0 Å². The molecular formula is C28H36F3N3O4S. The number of aromatic nitrogens is 1. The van der Waals surface area contributed by atoms with E-state index < -0.39 is 21.6 Å². The molecule has 0 radical (unpaired) electrons. The van der Waals surface area contributed by atoms with Gasteiger partial charge in [0.1, 0.15) is 0 Å². The number of halogens is 3. The van der Waals surface area contributed by atoms with Crippen molar-refractivity contribution < 1.29 is 31.5 Å². The zero-order valence-electron chi connectivity index (χ0n) is 22.5. The van der Waals surface area contributed by atoms with Gasteiger partial charge in [0.2, 0.25) is 0 Å². The largest absolute Gasteiger partial charge is 0.417 e. The smallest absolute Gasteiger partial charge is 0.380 e. The van der Waals surface area contributed by atoms with E-state index in [0.717, 1.165) is 11.1 Å². The van der Waals surface area contributed by atoms with E-state index in [1.54, 1.807) is 19.1 Å². The number of amides is 1. The number of fused-ring (bicyclic) bond motifs is 1. The first-order valence-electron chi connectivity index (χ1n) is 13.4. The Morgan fingerprint density at radius 2 is 1.90 bits per heavy atom. The highest BCUT2D eigenvalue weighted by Gasteiger charge is 2.54. The summed E-state index contributed by atoms with van der Waals surface area (Å²) >= 11 is 0. The molecule has 1 amide bonds. The van der Waals surface area contributed by atoms with Crippen LogP contribution in [-0.4, -0.2) is 53.4 Å². The lowest BCUT2D eigenvalue weighted by atomic mass is 9.78. The molecule has 0 unspecified atom stereocenters. The maximum Gasteiger partial charge on any atom is 0.417 e. The number of alkyl halides is 3. The summed E-state index contributed by atoms with van der Waals surface area (Å²) in [5.41, 5.74) is 0.601. The molecule has 7 nitrogen and oxygen atoms in total. The van der Waals surface area contributed by atoms with Crippen LogP contribution in [0.2, 0.25) is 0 Å². The highest BCUT2D eigenvalue weighted by atomic mass is 32.2. The van der Waals surface area contributed by atoms with Crippen LogP contribution in [0.25, 0.3) is 0 Å². The summed E-state index contributed by atoms with van der Waals surface area (Å²) in [5, 5.41) is 12.8. The predicted molar refractivity (Wildman–Crippen MR) is 141 cm³/mol. The number of pyridine rings is 1. The molecule has 11 heteroatoms. The summed E-state index contributed by atoms with van der Waals surface area (Å²) in [4.78, 5) is 19.5. The van der Waals surface area contributed by atoms with E-state index in [0.29, 0.717) is 37.2 Å². The summed E-state index contributed by atoms with van der Waals surface area (Å²) < 4.78 is 63.5. The number of sulfone groups is 1. The molecule has 214 valence electrons. The normalized spacial score (nSPS) is 24.1. The average molecular weight is 568 g/mol. The van der Waals surface area contributed by atoms with Crippen molar-refractivity contribution in [3.63, 3.8) is 0 Å². The zero-order chi connectivity index (χ0) is 28.6. The number of aliphatic hydroxyl groups is 1. The standard InChI is InChI=1S/C28H36F3N3O4S/c1-4-39(37,38)23-7-6-22(32-15-23)14-33-26(35)20-5-8-24-21(13-20)17-34(25(24)18(2)3)16-19-9-11-27(36,12-10-19)28(29,30)31/h5-8,13,15,18-19,25,36H,4,9-12,14,16-17H2,1-3H3,(H,33,35)/t19?,25-,27?/m0/s1. The summed E-state index contributed by atoms with van der Waals surface area (Å²) in [6.07, 6.45) is -3.21. The fraction of sp³-hybridized carbons (Fsp3) is 0.571. The van der Waals surface area contributed by atoms with Crippen molar-refractivity contribution in [1.82, 2.24) is 15.2 Å². The van der Waals surface area contributed by atoms with Gasteiger partial charge in [-0.2, -0.15) is 13.2 Å². The molecule has 1 atom stereocenters. The highest BCUT2D eigenvalue weighted by molar-refractivity contribution is 7.91. The fourth-order valence-corrected chi connectivity index (χ4v) is 6.56. The summed E-state index contributed by atoms with van der Waals surface area (Å²) in [5.74, 6) is 0.0488. The van der Waals surface area contributed by atoms with Gasteiger partial charge in [0, 0.05) is 30.9 Å². The quantitative estimate of drug-likeness (QED) is 0.476. The van der Waals surface area contributed by atoms with Crippen LogP contribution in [0.4, 0.5) is 13.2 Å². The third-order valence-electron chi connectivity index (χ3n) is 8.04. The highest BCUT2D eigenvalue weighted by Crippen LogP contribution is 2.45. The van der Waals surface area contributed by atoms with Gasteiger partial charge in [-0.05, 0) is 72.9 Å². The SMILES string of the molecule is CCS(=O)(=O)c1ccc(CNC(=O)c2ccc3c(c2)CN(CC2CCC(O)(C(F)(F)F)CC2)[C@H]3C(C)C)nc1. The second-order valence-corrected chi connectivity index (χ2v) is 13.4. The second kappa shape index (κ2) is 11.2. The first kappa shape index (κ1) is 29.5. The minimum absolute atomic E-state index is 0.0136. The monoisotopic (exact) mass is 567 g/mol. The molecular weight excluding hydrogens is 531 g/mol. The molecule has 1 saturated carbocycles. The number of benzene rings is 1. The maximum absolute atomic E-state index is 13.2. The van der Waals surface area contributed by atoms with E-state index >= 15 is 0 Å². The molecule has 2 aromatic rings. The van der Waals surface area contributed by atoms with Crippen molar-refractivity contribution in [3.05, 3.63) is 58.9 Å². The van der Waals surface area contributed by atoms with Gasteiger partial charge in [-0.1, -0.05) is 26.8 Å². The Morgan fingerprint density at radius 1 is 1.21 bits per heavy atom. The van der Waals surface area contributed by atoms with Crippen molar-refractivity contribution in [1.29, 1.82) is 0 Å². The predicted octanol–water partition coefficient (Wildman–Crippen LogP) is 4.80. The van der Waals surface area contributed by atoms with Gasteiger partial charge in [0.15, 0.2) is 15.4 Å². The van der Waals surface area contributed by atoms with Gasteiger partial charge in [-0.25, -0.2) is 8.42 Å². The molecule has 1 aromatic carbocycles. The number of carbonyl (C=O) groups excluding carboxylic acids is 1. The fourth-order valence-electron chi connectivity index (χ4n) is 5.74. The average Bonchev–Trinajstić information content (AvgIpc) is 3.25. The summed E-state index contributed by atoms with van der Waals surface area (Å²) in [6.45, 7) is 7.18. The number of nitrogens with zero attached hydrogens (tertiary/aromatic N) is 2. The Morgan fingerprint density at radius 3 is 2.46 bits per heavy atom. The molecule has 0 spiro atoms. The molecule has 39 heavy (non-hydrogen) atoms. The molecule has 0 bridgehead atoms. The molecule has 2 aliphatic rings. The molecule has 1 aliphatic heterocycles. The van der Waals surface area contributed by atoms with Crippen LogP contribution in [0.5, 0.6) is 0 Å². The Kier molecular flexibility index (Phi) is 8.45. The van der Waals surface area contributed by atoms with Gasteiger partial charge >= 0.3 is 6.18 Å². The third-order valence-corrected chi connectivity index (χ3v) is 9.76. The Balaban J connectivity index is 1.39. The molecule has 1 aromatic heterocycles. The van der Waals surface area contributed by atoms with Gasteiger partial charge in [0.25, 0.3) is 5.91 Å². The Hall–Kier alpha value is -2.50. The number of hydrogen-bond donors (Lipinski definition) is 2. The van der Waals surface area contributed by atoms with Crippen molar-refractivity contribution in [2.75, 3.05) is 12.3 Å². The summed E-state index contributed by atoms with van der Waals surface area (Å²) in [7, 11) is -3.34. The zero-order valence-corrected chi connectivity index (χ0v) is 23.3. The molecule has 1 fully saturated rings. The van der Waals surface area contributed by atoms with Crippen molar-refractivity contribution in [2.45, 2.75) is 82.3 Å². The summed E-state index contributed by atoms with van der Waals surface area (Å²) in [6, 6.07) is 8.77. The van der Waals surface area contributed by atoms with Crippen LogP contribution < -0.4 is 5.32 Å². The first-order chi connectivity index (χ1) is 18.2. The minimum Gasteiger partial charge on any atom is -0.380 e. The number of hydrogen-bond acceptors (Lipinski definition) is 6. The first-order valence-corrected chi connectivity index (χ1v) is 15.0. The van der Waals surface area contributed by atoms with Crippen LogP contribution in [-0.2, 0) is 22.9 Å². The van der Waals surface area contributed by atoms with Gasteiger partial charge in [-0.15, -0.1) is 0 Å². The van der Waals surface area contributed by atoms with E-state index in [9.17, 15) is 31.5 Å². The van der Waals surface area contributed by atoms with Crippen LogP contribution in [0.3, 0.4) is 0 Å². The second-order valence-electron chi connectivity index (χ2n) is 11.1. The van der Waals surface area contributed by atoms with E-state index in [-0.39, 0.29) is 53.8 Å². The Labute approximate surface area is 227 Å². The molecule has 2 N–H and O–H groups in total. The third kappa shape index (κ3) is 6.30. The molecule has 4 rings (SSSR count). The van der Waals surface area contributed by atoms with Gasteiger partial charge in [0.05, 0.1) is 22.9 Å². The van der Waals surface area contributed by atoms with Crippen LogP contribution in [0.1, 0.15) is 79.7 Å². The topological polar surface area (TPSA) is 99.6 Å². The van der Waals surface area contributed by atoms with E-state index in [1.165, 1.54) is 12.3 Å². The van der Waals surface area contributed by atoms with Crippen LogP contribution in [0.15, 0.2) is 41.4 Å². The van der Waals surface area contributed by atoms with Gasteiger partial charge < -0.3 is 10.4 Å². The van der Waals surface area contributed by atoms with Crippen molar-refractivity contribution in [3.8, 4) is 0 Å². The lowest BCUT2D eigenvalue weighted by Crippen LogP contribution is -2.48. The van der Waals surface area contributed by atoms with Crippen LogP contribution in [0, 0.1) is 11.8 Å². The van der Waals surface area contributed by atoms with E-state index in [1.807, 2.05) is 12.1 Å². The number of nitrogens with one attached hydrogen (secondary N) is 1. The van der Waals surface area contributed by atoms with Gasteiger partial charge in [-0.3, -0.25) is 14.7 Å². The maximum atomic E-state index is 13.2. The van der Waals surface area contributed by atoms with E-state index in [2.05, 4.69) is 29.0 Å². The van der Waals surface area contributed by atoms with Crippen molar-refractivity contribution in [2.24, 2.45) is 11.8 Å². The minimum atomic E-state index is -4.60. The van der Waals surface area contributed by atoms with Crippen molar-refractivity contribution >= 4 is 15.7 Å². The molecule has 0 saturated heterocycles. The lowest BCUT2D eigenvalue weighted by molar-refractivity contribution is -0.272. The number of carbonyl (C=O) groups is 1. The molecule has 2 heterocycles. The number of rotatable bonds is 8.